The van der Waals surface area contributed by atoms with Crippen LogP contribution in [0.4, 0.5) is 21.7 Å². The molecule has 0 amide bonds. The molecule has 21 heavy (non-hydrogen) atoms. The van der Waals surface area contributed by atoms with E-state index in [2.05, 4.69) is 15.3 Å². The summed E-state index contributed by atoms with van der Waals surface area (Å²) in [6, 6.07) is 6.41. The van der Waals surface area contributed by atoms with E-state index < -0.39 is 0 Å². The summed E-state index contributed by atoms with van der Waals surface area (Å²) in [5.74, 6) is 1.15. The molecule has 1 N–H and O–H groups in total. The smallest absolute Gasteiger partial charge is 0.180 e. The average molecular weight is 285 g/mol. The molecule has 6 heteroatoms. The summed E-state index contributed by atoms with van der Waals surface area (Å²) in [7, 11) is 1.85. The summed E-state index contributed by atoms with van der Waals surface area (Å²) in [5, 5.41) is 3.19. The summed E-state index contributed by atoms with van der Waals surface area (Å²) in [5.41, 5.74) is 1.45. The Morgan fingerprint density at radius 3 is 3.00 bits per heavy atom. The zero-order valence-corrected chi connectivity index (χ0v) is 11.9. The maximum Gasteiger partial charge on any atom is 0.180 e. The van der Waals surface area contributed by atoms with E-state index in [1.807, 2.05) is 41.7 Å². The van der Waals surface area contributed by atoms with Gasteiger partial charge < -0.3 is 14.6 Å². The molecule has 1 aromatic carbocycles. The van der Waals surface area contributed by atoms with Gasteiger partial charge in [-0.3, -0.25) is 0 Å². The van der Waals surface area contributed by atoms with Crippen LogP contribution in [-0.4, -0.2) is 28.0 Å². The number of imidazole rings is 1. The minimum atomic E-state index is -0.276. The highest BCUT2D eigenvalue weighted by Crippen LogP contribution is 2.26. The molecule has 2 heterocycles. The second-order valence-electron chi connectivity index (χ2n) is 4.68. The first-order valence-corrected chi connectivity index (χ1v) is 6.76. The van der Waals surface area contributed by atoms with E-state index in [4.69, 9.17) is 0 Å². The molecule has 0 spiro atoms. The standard InChI is InChI=1S/C15H16FN5/c1-3-17-13-10-21-8-7-18-14(21)15(19-13)20(2)12-6-4-5-11(16)9-12/h4-10,17H,3H2,1-2H3. The fourth-order valence-corrected chi connectivity index (χ4v) is 2.21. The van der Waals surface area contributed by atoms with Crippen LogP contribution in [0.5, 0.6) is 0 Å². The van der Waals surface area contributed by atoms with Crippen molar-refractivity contribution in [3.63, 3.8) is 0 Å². The van der Waals surface area contributed by atoms with E-state index in [1.165, 1.54) is 12.1 Å². The van der Waals surface area contributed by atoms with Gasteiger partial charge >= 0.3 is 0 Å². The molecule has 0 saturated heterocycles. The molecule has 0 bridgehead atoms. The molecular weight excluding hydrogens is 269 g/mol. The third kappa shape index (κ3) is 2.52. The number of hydrogen-bond acceptors (Lipinski definition) is 4. The van der Waals surface area contributed by atoms with Gasteiger partial charge in [-0.1, -0.05) is 6.07 Å². The van der Waals surface area contributed by atoms with Crippen molar-refractivity contribution in [3.05, 3.63) is 48.7 Å². The average Bonchev–Trinajstić information content (AvgIpc) is 2.94. The van der Waals surface area contributed by atoms with Crippen LogP contribution in [0.15, 0.2) is 42.9 Å². The van der Waals surface area contributed by atoms with Crippen molar-refractivity contribution in [3.8, 4) is 0 Å². The topological polar surface area (TPSA) is 45.5 Å². The van der Waals surface area contributed by atoms with Gasteiger partial charge in [0, 0.05) is 31.7 Å². The number of aromatic nitrogens is 3. The van der Waals surface area contributed by atoms with Crippen LogP contribution in [0.2, 0.25) is 0 Å². The second kappa shape index (κ2) is 5.40. The van der Waals surface area contributed by atoms with Crippen LogP contribution in [0.1, 0.15) is 6.92 Å². The molecule has 0 aliphatic carbocycles. The maximum atomic E-state index is 13.4. The van der Waals surface area contributed by atoms with Crippen molar-refractivity contribution in [2.24, 2.45) is 0 Å². The molecule has 5 nitrogen and oxygen atoms in total. The Morgan fingerprint density at radius 1 is 1.38 bits per heavy atom. The fourth-order valence-electron chi connectivity index (χ4n) is 2.21. The number of rotatable bonds is 4. The Balaban J connectivity index is 2.11. The lowest BCUT2D eigenvalue weighted by atomic mass is 10.3. The first-order chi connectivity index (χ1) is 10.2. The molecule has 0 saturated carbocycles. The summed E-state index contributed by atoms with van der Waals surface area (Å²) in [4.78, 5) is 10.7. The molecular formula is C15H16FN5. The molecule has 0 unspecified atom stereocenters. The van der Waals surface area contributed by atoms with E-state index in [1.54, 1.807) is 12.3 Å². The summed E-state index contributed by atoms with van der Waals surface area (Å²) in [6.45, 7) is 2.78. The highest BCUT2D eigenvalue weighted by molar-refractivity contribution is 5.73. The number of benzene rings is 1. The van der Waals surface area contributed by atoms with Crippen LogP contribution < -0.4 is 10.2 Å². The Morgan fingerprint density at radius 2 is 2.24 bits per heavy atom. The Kier molecular flexibility index (Phi) is 3.43. The van der Waals surface area contributed by atoms with Gasteiger partial charge in [0.1, 0.15) is 11.6 Å². The monoisotopic (exact) mass is 285 g/mol. The number of hydrogen-bond donors (Lipinski definition) is 1. The highest BCUT2D eigenvalue weighted by atomic mass is 19.1. The zero-order chi connectivity index (χ0) is 14.8. The molecule has 3 aromatic rings. The van der Waals surface area contributed by atoms with Crippen molar-refractivity contribution in [2.45, 2.75) is 6.92 Å². The minimum Gasteiger partial charge on any atom is -0.369 e. The lowest BCUT2D eigenvalue weighted by Crippen LogP contribution is -2.14. The van der Waals surface area contributed by atoms with Crippen LogP contribution in [0.3, 0.4) is 0 Å². The number of halogens is 1. The SMILES string of the molecule is CCNc1cn2ccnc2c(N(C)c2cccc(F)c2)n1. The summed E-state index contributed by atoms with van der Waals surface area (Å²) >= 11 is 0. The van der Waals surface area contributed by atoms with Crippen molar-refractivity contribution < 1.29 is 4.39 Å². The van der Waals surface area contributed by atoms with E-state index in [9.17, 15) is 4.39 Å². The Hall–Kier alpha value is -2.63. The fraction of sp³-hybridized carbons (Fsp3) is 0.200. The van der Waals surface area contributed by atoms with Crippen molar-refractivity contribution in [1.29, 1.82) is 0 Å². The molecule has 0 fully saturated rings. The third-order valence-corrected chi connectivity index (χ3v) is 3.23. The van der Waals surface area contributed by atoms with Crippen LogP contribution >= 0.6 is 0 Å². The molecule has 0 radical (unpaired) electrons. The second-order valence-corrected chi connectivity index (χ2v) is 4.68. The predicted molar refractivity (Wildman–Crippen MR) is 81.6 cm³/mol. The molecule has 0 atom stereocenters. The number of nitrogens with one attached hydrogen (secondary N) is 1. The van der Waals surface area contributed by atoms with Gasteiger partial charge in [-0.15, -0.1) is 0 Å². The molecule has 0 aliphatic heterocycles. The van der Waals surface area contributed by atoms with E-state index in [0.29, 0.717) is 5.82 Å². The van der Waals surface area contributed by atoms with Gasteiger partial charge in [0.15, 0.2) is 11.5 Å². The molecule has 0 aliphatic rings. The van der Waals surface area contributed by atoms with Gasteiger partial charge in [0.2, 0.25) is 0 Å². The van der Waals surface area contributed by atoms with Crippen LogP contribution in [-0.2, 0) is 0 Å². The number of anilines is 3. The lowest BCUT2D eigenvalue weighted by Gasteiger charge is -2.20. The number of nitrogens with zero attached hydrogens (tertiary/aromatic N) is 4. The molecule has 108 valence electrons. The predicted octanol–water partition coefficient (Wildman–Crippen LogP) is 3.07. The third-order valence-electron chi connectivity index (χ3n) is 3.23. The van der Waals surface area contributed by atoms with Gasteiger partial charge in [-0.2, -0.15) is 0 Å². The van der Waals surface area contributed by atoms with Crippen LogP contribution in [0.25, 0.3) is 5.65 Å². The Labute approximate surface area is 122 Å². The minimum absolute atomic E-state index is 0.276. The zero-order valence-electron chi connectivity index (χ0n) is 11.9. The van der Waals surface area contributed by atoms with Crippen LogP contribution in [0, 0.1) is 5.82 Å². The van der Waals surface area contributed by atoms with E-state index in [0.717, 1.165) is 23.7 Å². The van der Waals surface area contributed by atoms with Crippen molar-refractivity contribution in [2.75, 3.05) is 23.8 Å². The van der Waals surface area contributed by atoms with Gasteiger partial charge in [0.05, 0.1) is 6.20 Å². The lowest BCUT2D eigenvalue weighted by molar-refractivity contribution is 0.628. The molecule has 2 aromatic heterocycles. The van der Waals surface area contributed by atoms with Gasteiger partial charge in [-0.05, 0) is 25.1 Å². The largest absolute Gasteiger partial charge is 0.369 e. The van der Waals surface area contributed by atoms with Crippen molar-refractivity contribution >= 4 is 23.0 Å². The number of fused-ring (bicyclic) bond motifs is 1. The normalized spacial score (nSPS) is 10.8. The van der Waals surface area contributed by atoms with E-state index >= 15 is 0 Å². The maximum absolute atomic E-state index is 13.4. The highest BCUT2D eigenvalue weighted by Gasteiger charge is 2.13. The first kappa shape index (κ1) is 13.4. The molecule has 3 rings (SSSR count). The summed E-state index contributed by atoms with van der Waals surface area (Å²) in [6.07, 6.45) is 5.46. The Bertz CT molecular complexity index is 768. The summed E-state index contributed by atoms with van der Waals surface area (Å²) < 4.78 is 15.3. The first-order valence-electron chi connectivity index (χ1n) is 6.76. The van der Waals surface area contributed by atoms with Gasteiger partial charge in [-0.25, -0.2) is 14.4 Å². The quantitative estimate of drug-likeness (QED) is 0.800. The van der Waals surface area contributed by atoms with Gasteiger partial charge in [0.25, 0.3) is 0 Å². The van der Waals surface area contributed by atoms with E-state index in [-0.39, 0.29) is 5.82 Å². The van der Waals surface area contributed by atoms with Crippen molar-refractivity contribution in [1.82, 2.24) is 14.4 Å².